The van der Waals surface area contributed by atoms with Crippen LogP contribution in [0.4, 0.5) is 5.69 Å². The number of aryl methyl sites for hydroxylation is 2. The minimum Gasteiger partial charge on any atom is -0.507 e. The quantitative estimate of drug-likeness (QED) is 0.743. The Hall–Kier alpha value is -3.02. The Morgan fingerprint density at radius 1 is 1.08 bits per heavy atom. The number of amides is 1. The number of carbonyl (C=O) groups is 2. The summed E-state index contributed by atoms with van der Waals surface area (Å²) in [5.41, 5.74) is 2.79. The molecule has 138 valence electrons. The highest BCUT2D eigenvalue weighted by Crippen LogP contribution is 2.24. The number of rotatable bonds is 7. The fraction of sp³-hybridized carbons (Fsp3) is 0.300. The summed E-state index contributed by atoms with van der Waals surface area (Å²) in [4.78, 5) is 24.3. The third-order valence-electron chi connectivity index (χ3n) is 4.02. The molecule has 26 heavy (non-hydrogen) atoms. The predicted octanol–water partition coefficient (Wildman–Crippen LogP) is 3.32. The number of carbonyl (C=O) groups excluding carboxylic acids is 2. The predicted molar refractivity (Wildman–Crippen MR) is 98.8 cm³/mol. The lowest BCUT2D eigenvalue weighted by Gasteiger charge is -2.14. The van der Waals surface area contributed by atoms with Gasteiger partial charge in [-0.3, -0.25) is 4.79 Å². The van der Waals surface area contributed by atoms with Gasteiger partial charge < -0.3 is 19.9 Å². The lowest BCUT2D eigenvalue weighted by molar-refractivity contribution is -0.119. The number of methoxy groups -OCH3 is 1. The van der Waals surface area contributed by atoms with Crippen molar-refractivity contribution < 1.29 is 24.2 Å². The molecule has 6 heteroatoms. The number of para-hydroxylation sites is 1. The SMILES string of the molecule is CCc1cccc(CC)c1NC(=O)COC(=O)c1ccc(OC)cc1O. The first-order valence-corrected chi connectivity index (χ1v) is 8.44. The average Bonchev–Trinajstić information content (AvgIpc) is 2.66. The van der Waals surface area contributed by atoms with E-state index in [-0.39, 0.29) is 11.3 Å². The summed E-state index contributed by atoms with van der Waals surface area (Å²) in [7, 11) is 1.45. The summed E-state index contributed by atoms with van der Waals surface area (Å²) >= 11 is 0. The maximum absolute atomic E-state index is 12.2. The van der Waals surface area contributed by atoms with E-state index in [1.54, 1.807) is 0 Å². The number of esters is 1. The number of hydrogen-bond acceptors (Lipinski definition) is 5. The Morgan fingerprint density at radius 2 is 1.73 bits per heavy atom. The second-order valence-electron chi connectivity index (χ2n) is 5.67. The van der Waals surface area contributed by atoms with E-state index in [1.807, 2.05) is 32.0 Å². The van der Waals surface area contributed by atoms with Crippen molar-refractivity contribution >= 4 is 17.6 Å². The molecule has 0 aliphatic heterocycles. The molecule has 0 atom stereocenters. The van der Waals surface area contributed by atoms with Crippen molar-refractivity contribution in [2.75, 3.05) is 19.0 Å². The first-order chi connectivity index (χ1) is 12.5. The third kappa shape index (κ3) is 4.53. The van der Waals surface area contributed by atoms with E-state index in [4.69, 9.17) is 9.47 Å². The van der Waals surface area contributed by atoms with Crippen molar-refractivity contribution in [2.24, 2.45) is 0 Å². The van der Waals surface area contributed by atoms with Gasteiger partial charge in [-0.25, -0.2) is 4.79 Å². The van der Waals surface area contributed by atoms with Crippen LogP contribution in [0.1, 0.15) is 35.3 Å². The summed E-state index contributed by atoms with van der Waals surface area (Å²) < 4.78 is 9.97. The average molecular weight is 357 g/mol. The molecule has 0 aliphatic carbocycles. The van der Waals surface area contributed by atoms with E-state index in [0.717, 1.165) is 29.7 Å². The van der Waals surface area contributed by atoms with Crippen LogP contribution in [0, 0.1) is 0 Å². The Balaban J connectivity index is 2.02. The third-order valence-corrected chi connectivity index (χ3v) is 4.02. The number of nitrogens with one attached hydrogen (secondary N) is 1. The summed E-state index contributed by atoms with van der Waals surface area (Å²) in [6, 6.07) is 10.1. The zero-order valence-corrected chi connectivity index (χ0v) is 15.2. The molecule has 1 amide bonds. The van der Waals surface area contributed by atoms with Gasteiger partial charge in [-0.1, -0.05) is 32.0 Å². The van der Waals surface area contributed by atoms with Crippen molar-refractivity contribution in [2.45, 2.75) is 26.7 Å². The molecule has 0 saturated heterocycles. The van der Waals surface area contributed by atoms with Crippen LogP contribution < -0.4 is 10.1 Å². The van der Waals surface area contributed by atoms with Crippen LogP contribution in [0.2, 0.25) is 0 Å². The lowest BCUT2D eigenvalue weighted by atomic mass is 10.0. The van der Waals surface area contributed by atoms with Gasteiger partial charge in [0.2, 0.25) is 0 Å². The molecule has 0 heterocycles. The highest BCUT2D eigenvalue weighted by atomic mass is 16.5. The summed E-state index contributed by atoms with van der Waals surface area (Å²) in [5.74, 6) is -1.05. The maximum Gasteiger partial charge on any atom is 0.342 e. The number of ether oxygens (including phenoxy) is 2. The van der Waals surface area contributed by atoms with Gasteiger partial charge in [0, 0.05) is 11.8 Å². The highest BCUT2D eigenvalue weighted by Gasteiger charge is 2.16. The van der Waals surface area contributed by atoms with Gasteiger partial charge in [0.25, 0.3) is 5.91 Å². The number of anilines is 1. The summed E-state index contributed by atoms with van der Waals surface area (Å²) in [6.07, 6.45) is 1.56. The molecule has 2 rings (SSSR count). The molecule has 0 fully saturated rings. The first-order valence-electron chi connectivity index (χ1n) is 8.44. The molecule has 2 aromatic rings. The van der Waals surface area contributed by atoms with Crippen molar-refractivity contribution in [3.8, 4) is 11.5 Å². The van der Waals surface area contributed by atoms with Crippen LogP contribution in [-0.4, -0.2) is 30.7 Å². The molecule has 0 aliphatic rings. The summed E-state index contributed by atoms with van der Waals surface area (Å²) in [5, 5.41) is 12.7. The fourth-order valence-corrected chi connectivity index (χ4v) is 2.60. The second-order valence-corrected chi connectivity index (χ2v) is 5.67. The summed E-state index contributed by atoms with van der Waals surface area (Å²) in [6.45, 7) is 3.58. The molecular weight excluding hydrogens is 334 g/mol. The molecule has 6 nitrogen and oxygen atoms in total. The Kier molecular flexibility index (Phi) is 6.60. The highest BCUT2D eigenvalue weighted by molar-refractivity contribution is 5.97. The van der Waals surface area contributed by atoms with Gasteiger partial charge in [-0.15, -0.1) is 0 Å². The largest absolute Gasteiger partial charge is 0.507 e. The molecule has 2 aromatic carbocycles. The normalized spacial score (nSPS) is 10.3. The van der Waals surface area contributed by atoms with Crippen LogP contribution >= 0.6 is 0 Å². The maximum atomic E-state index is 12.2. The Labute approximate surface area is 152 Å². The van der Waals surface area contributed by atoms with E-state index >= 15 is 0 Å². The molecule has 0 unspecified atom stereocenters. The van der Waals surface area contributed by atoms with Crippen LogP contribution in [0.5, 0.6) is 11.5 Å². The smallest absolute Gasteiger partial charge is 0.342 e. The molecule has 0 spiro atoms. The fourth-order valence-electron chi connectivity index (χ4n) is 2.60. The number of aromatic hydroxyl groups is 1. The molecular formula is C20H23NO5. The molecule has 0 radical (unpaired) electrons. The van der Waals surface area contributed by atoms with E-state index < -0.39 is 18.5 Å². The Bertz CT molecular complexity index is 779. The topological polar surface area (TPSA) is 84.9 Å². The standard InChI is InChI=1S/C20H23NO5/c1-4-13-7-6-8-14(5-2)19(13)21-18(23)12-26-20(24)16-10-9-15(25-3)11-17(16)22/h6-11,22H,4-5,12H2,1-3H3,(H,21,23). The minimum atomic E-state index is -0.778. The monoisotopic (exact) mass is 357 g/mol. The second kappa shape index (κ2) is 8.89. The number of phenolic OH excluding ortho intramolecular Hbond substituents is 1. The number of benzene rings is 2. The van der Waals surface area contributed by atoms with Crippen molar-refractivity contribution in [1.29, 1.82) is 0 Å². The zero-order chi connectivity index (χ0) is 19.1. The van der Waals surface area contributed by atoms with Crippen molar-refractivity contribution in [3.63, 3.8) is 0 Å². The Morgan fingerprint density at radius 3 is 2.27 bits per heavy atom. The molecule has 0 saturated carbocycles. The zero-order valence-electron chi connectivity index (χ0n) is 15.2. The van der Waals surface area contributed by atoms with E-state index in [1.165, 1.54) is 25.3 Å². The number of phenols is 1. The van der Waals surface area contributed by atoms with Crippen LogP contribution in [0.25, 0.3) is 0 Å². The van der Waals surface area contributed by atoms with Gasteiger partial charge in [0.05, 0.1) is 7.11 Å². The molecule has 2 N–H and O–H groups in total. The van der Waals surface area contributed by atoms with Gasteiger partial charge in [0.15, 0.2) is 6.61 Å². The van der Waals surface area contributed by atoms with E-state index in [2.05, 4.69) is 5.32 Å². The van der Waals surface area contributed by atoms with Crippen LogP contribution in [0.3, 0.4) is 0 Å². The van der Waals surface area contributed by atoms with Gasteiger partial charge >= 0.3 is 5.97 Å². The van der Waals surface area contributed by atoms with E-state index in [9.17, 15) is 14.7 Å². The van der Waals surface area contributed by atoms with Gasteiger partial charge in [-0.05, 0) is 36.1 Å². The first kappa shape index (κ1) is 19.3. The molecule has 0 bridgehead atoms. The van der Waals surface area contributed by atoms with Crippen LogP contribution in [-0.2, 0) is 22.4 Å². The minimum absolute atomic E-state index is 0.0261. The number of hydrogen-bond donors (Lipinski definition) is 2. The van der Waals surface area contributed by atoms with E-state index in [0.29, 0.717) is 5.75 Å². The van der Waals surface area contributed by atoms with Crippen molar-refractivity contribution in [3.05, 3.63) is 53.1 Å². The van der Waals surface area contributed by atoms with Crippen LogP contribution in [0.15, 0.2) is 36.4 Å². The van der Waals surface area contributed by atoms with Gasteiger partial charge in [-0.2, -0.15) is 0 Å². The molecule has 0 aromatic heterocycles. The van der Waals surface area contributed by atoms with Gasteiger partial charge in [0.1, 0.15) is 17.1 Å². The lowest BCUT2D eigenvalue weighted by Crippen LogP contribution is -2.22. The van der Waals surface area contributed by atoms with Crippen molar-refractivity contribution in [1.82, 2.24) is 0 Å².